The standard InChI is InChI=1S/C12H9Cl2N3O3/c13-7-4-8(14)11(16-5-7)17-10(18)6-20-12(19)9-2-1-3-15-9/h1-5,15H,6H2,(H,16,17,18). The second kappa shape index (κ2) is 6.40. The van der Waals surface area contributed by atoms with Crippen molar-refractivity contribution in [1.29, 1.82) is 0 Å². The third-order valence-corrected chi connectivity index (χ3v) is 2.71. The van der Waals surface area contributed by atoms with Gasteiger partial charge in [0.2, 0.25) is 0 Å². The molecule has 104 valence electrons. The molecule has 0 aliphatic carbocycles. The lowest BCUT2D eigenvalue weighted by atomic mass is 10.4. The summed E-state index contributed by atoms with van der Waals surface area (Å²) in [6.07, 6.45) is 2.92. The number of carbonyl (C=O) groups is 2. The van der Waals surface area contributed by atoms with E-state index in [0.29, 0.717) is 5.02 Å². The molecule has 0 saturated heterocycles. The maximum Gasteiger partial charge on any atom is 0.355 e. The van der Waals surface area contributed by atoms with Crippen molar-refractivity contribution >= 4 is 40.9 Å². The number of nitrogens with one attached hydrogen (secondary N) is 2. The molecule has 0 spiro atoms. The summed E-state index contributed by atoms with van der Waals surface area (Å²) >= 11 is 11.5. The summed E-state index contributed by atoms with van der Waals surface area (Å²) in [6.45, 7) is -0.446. The predicted octanol–water partition coefficient (Wildman–Crippen LogP) is 2.51. The molecular formula is C12H9Cl2N3O3. The minimum absolute atomic E-state index is 0.150. The molecule has 0 atom stereocenters. The molecule has 6 nitrogen and oxygen atoms in total. The first-order valence-corrected chi connectivity index (χ1v) is 6.23. The first kappa shape index (κ1) is 14.4. The number of aromatic nitrogens is 2. The molecule has 20 heavy (non-hydrogen) atoms. The van der Waals surface area contributed by atoms with Gasteiger partial charge in [0.1, 0.15) is 5.69 Å². The van der Waals surface area contributed by atoms with Gasteiger partial charge in [-0.2, -0.15) is 0 Å². The highest BCUT2D eigenvalue weighted by Crippen LogP contribution is 2.22. The van der Waals surface area contributed by atoms with Crippen LogP contribution in [-0.4, -0.2) is 28.5 Å². The molecule has 0 fully saturated rings. The highest BCUT2D eigenvalue weighted by Gasteiger charge is 2.12. The van der Waals surface area contributed by atoms with Crippen molar-refractivity contribution in [3.05, 3.63) is 46.3 Å². The van der Waals surface area contributed by atoms with Crippen LogP contribution in [0.3, 0.4) is 0 Å². The van der Waals surface area contributed by atoms with Gasteiger partial charge in [-0.3, -0.25) is 4.79 Å². The van der Waals surface area contributed by atoms with Gasteiger partial charge in [-0.1, -0.05) is 23.2 Å². The number of H-pyrrole nitrogens is 1. The second-order valence-electron chi connectivity index (χ2n) is 3.69. The number of hydrogen-bond donors (Lipinski definition) is 2. The highest BCUT2D eigenvalue weighted by atomic mass is 35.5. The van der Waals surface area contributed by atoms with Crippen molar-refractivity contribution in [3.63, 3.8) is 0 Å². The fraction of sp³-hybridized carbons (Fsp3) is 0.0833. The van der Waals surface area contributed by atoms with E-state index in [2.05, 4.69) is 15.3 Å². The van der Waals surface area contributed by atoms with E-state index in [1.165, 1.54) is 18.3 Å². The van der Waals surface area contributed by atoms with E-state index in [1.807, 2.05) is 0 Å². The Morgan fingerprint density at radius 2 is 2.20 bits per heavy atom. The second-order valence-corrected chi connectivity index (χ2v) is 4.54. The molecule has 0 aliphatic rings. The third-order valence-electron chi connectivity index (χ3n) is 2.22. The number of amides is 1. The fourth-order valence-corrected chi connectivity index (χ4v) is 1.77. The summed E-state index contributed by atoms with van der Waals surface area (Å²) in [5, 5.41) is 2.96. The topological polar surface area (TPSA) is 84.1 Å². The fourth-order valence-electron chi connectivity index (χ4n) is 1.34. The first-order valence-electron chi connectivity index (χ1n) is 5.47. The Labute approximate surface area is 124 Å². The zero-order chi connectivity index (χ0) is 14.5. The summed E-state index contributed by atoms with van der Waals surface area (Å²) in [6, 6.07) is 4.63. The van der Waals surface area contributed by atoms with Gasteiger partial charge in [0, 0.05) is 12.4 Å². The monoisotopic (exact) mass is 313 g/mol. The summed E-state index contributed by atoms with van der Waals surface area (Å²) in [7, 11) is 0. The lowest BCUT2D eigenvalue weighted by Gasteiger charge is -2.06. The van der Waals surface area contributed by atoms with E-state index in [0.717, 1.165) is 0 Å². The van der Waals surface area contributed by atoms with Crippen molar-refractivity contribution in [3.8, 4) is 0 Å². The molecular weight excluding hydrogens is 305 g/mol. The molecule has 2 rings (SSSR count). The molecule has 2 aromatic heterocycles. The molecule has 1 amide bonds. The van der Waals surface area contributed by atoms with Gasteiger partial charge in [0.15, 0.2) is 12.4 Å². The number of carbonyl (C=O) groups excluding carboxylic acids is 2. The van der Waals surface area contributed by atoms with E-state index < -0.39 is 18.5 Å². The number of pyridine rings is 1. The Morgan fingerprint density at radius 1 is 1.40 bits per heavy atom. The van der Waals surface area contributed by atoms with Crippen molar-refractivity contribution < 1.29 is 14.3 Å². The van der Waals surface area contributed by atoms with E-state index in [-0.39, 0.29) is 16.5 Å². The van der Waals surface area contributed by atoms with Gasteiger partial charge < -0.3 is 15.0 Å². The van der Waals surface area contributed by atoms with Gasteiger partial charge in [-0.15, -0.1) is 0 Å². The quantitative estimate of drug-likeness (QED) is 0.849. The van der Waals surface area contributed by atoms with Crippen LogP contribution in [0.15, 0.2) is 30.6 Å². The van der Waals surface area contributed by atoms with Crippen LogP contribution in [0, 0.1) is 0 Å². The summed E-state index contributed by atoms with van der Waals surface area (Å²) in [5.74, 6) is -1.03. The number of halogens is 2. The normalized spacial score (nSPS) is 10.1. The van der Waals surface area contributed by atoms with Crippen LogP contribution in [0.2, 0.25) is 10.0 Å². The number of ether oxygens (including phenoxy) is 1. The zero-order valence-electron chi connectivity index (χ0n) is 10.0. The molecule has 0 aromatic carbocycles. The Kier molecular flexibility index (Phi) is 4.60. The Bertz CT molecular complexity index is 629. The Balaban J connectivity index is 1.88. The number of anilines is 1. The van der Waals surface area contributed by atoms with E-state index >= 15 is 0 Å². The number of rotatable bonds is 4. The van der Waals surface area contributed by atoms with Crippen LogP contribution in [-0.2, 0) is 9.53 Å². The maximum absolute atomic E-state index is 11.6. The number of aromatic amines is 1. The molecule has 8 heteroatoms. The SMILES string of the molecule is O=C(COC(=O)c1ccc[nH]1)Nc1ncc(Cl)cc1Cl. The highest BCUT2D eigenvalue weighted by molar-refractivity contribution is 6.36. The molecule has 0 bridgehead atoms. The summed E-state index contributed by atoms with van der Waals surface area (Å²) in [4.78, 5) is 29.6. The van der Waals surface area contributed by atoms with E-state index in [9.17, 15) is 9.59 Å². The minimum atomic E-state index is -0.625. The zero-order valence-corrected chi connectivity index (χ0v) is 11.5. The number of esters is 1. The van der Waals surface area contributed by atoms with Crippen molar-refractivity contribution in [1.82, 2.24) is 9.97 Å². The van der Waals surface area contributed by atoms with Crippen molar-refractivity contribution in [2.45, 2.75) is 0 Å². The maximum atomic E-state index is 11.6. The predicted molar refractivity (Wildman–Crippen MR) is 74.0 cm³/mol. The van der Waals surface area contributed by atoms with E-state index in [1.54, 1.807) is 12.3 Å². The molecule has 2 heterocycles. The summed E-state index contributed by atoms with van der Waals surface area (Å²) < 4.78 is 4.80. The average Bonchev–Trinajstić information content (AvgIpc) is 2.93. The van der Waals surface area contributed by atoms with Gasteiger partial charge in [0.25, 0.3) is 5.91 Å². The average molecular weight is 314 g/mol. The van der Waals surface area contributed by atoms with Gasteiger partial charge >= 0.3 is 5.97 Å². The molecule has 0 saturated carbocycles. The Morgan fingerprint density at radius 3 is 2.85 bits per heavy atom. The molecule has 0 radical (unpaired) electrons. The van der Waals surface area contributed by atoms with Crippen LogP contribution in [0.4, 0.5) is 5.82 Å². The van der Waals surface area contributed by atoms with Crippen LogP contribution in [0.1, 0.15) is 10.5 Å². The van der Waals surface area contributed by atoms with E-state index in [4.69, 9.17) is 27.9 Å². The smallest absolute Gasteiger partial charge is 0.355 e. The van der Waals surface area contributed by atoms with Crippen molar-refractivity contribution in [2.24, 2.45) is 0 Å². The molecule has 2 N–H and O–H groups in total. The van der Waals surface area contributed by atoms with Crippen molar-refractivity contribution in [2.75, 3.05) is 11.9 Å². The Hall–Kier alpha value is -2.05. The van der Waals surface area contributed by atoms with Gasteiger partial charge in [0.05, 0.1) is 10.0 Å². The third kappa shape index (κ3) is 3.72. The molecule has 0 unspecified atom stereocenters. The van der Waals surface area contributed by atoms with Crippen LogP contribution in [0.25, 0.3) is 0 Å². The number of nitrogens with zero attached hydrogens (tertiary/aromatic N) is 1. The minimum Gasteiger partial charge on any atom is -0.451 e. The molecule has 0 aliphatic heterocycles. The van der Waals surface area contributed by atoms with Crippen LogP contribution < -0.4 is 5.32 Å². The molecule has 2 aromatic rings. The van der Waals surface area contributed by atoms with Gasteiger partial charge in [-0.25, -0.2) is 9.78 Å². The first-order chi connectivity index (χ1) is 9.56. The lowest BCUT2D eigenvalue weighted by molar-refractivity contribution is -0.119. The summed E-state index contributed by atoms with van der Waals surface area (Å²) in [5.41, 5.74) is 0.264. The largest absolute Gasteiger partial charge is 0.451 e. The van der Waals surface area contributed by atoms with Crippen LogP contribution in [0.5, 0.6) is 0 Å². The van der Waals surface area contributed by atoms with Gasteiger partial charge in [-0.05, 0) is 18.2 Å². The number of hydrogen-bond acceptors (Lipinski definition) is 4. The van der Waals surface area contributed by atoms with Crippen LogP contribution >= 0.6 is 23.2 Å². The lowest BCUT2D eigenvalue weighted by Crippen LogP contribution is -2.21.